The van der Waals surface area contributed by atoms with E-state index in [-0.39, 0.29) is 0 Å². The molecule has 1 heterocycles. The number of nitrogens with zero attached hydrogens (tertiary/aromatic N) is 2. The maximum Gasteiger partial charge on any atom is 0.165 e. The average molecular weight is 138 g/mol. The summed E-state index contributed by atoms with van der Waals surface area (Å²) in [5.74, 6) is 0. The molecule has 0 bridgehead atoms. The first-order valence-electron chi connectivity index (χ1n) is 3.06. The van der Waals surface area contributed by atoms with Crippen LogP contribution in [0.15, 0.2) is 23.3 Å². The summed E-state index contributed by atoms with van der Waals surface area (Å²) < 4.78 is 1.01. The minimum atomic E-state index is 0.600. The molecule has 3 nitrogen and oxygen atoms in total. The van der Waals surface area contributed by atoms with Crippen LogP contribution in [0.5, 0.6) is 0 Å². The first kappa shape index (κ1) is 6.86. The van der Waals surface area contributed by atoms with Gasteiger partial charge in [-0.05, 0) is 18.6 Å². The molecule has 1 aromatic heterocycles. The third-order valence-electron chi connectivity index (χ3n) is 1.36. The molecule has 0 spiro atoms. The van der Waals surface area contributed by atoms with Gasteiger partial charge in [0.1, 0.15) is 0 Å². The molecule has 0 aliphatic rings. The van der Waals surface area contributed by atoms with E-state index in [1.165, 1.54) is 0 Å². The van der Waals surface area contributed by atoms with Crippen LogP contribution < -0.4 is 5.49 Å². The Kier molecular flexibility index (Phi) is 1.76. The van der Waals surface area contributed by atoms with Crippen LogP contribution in [-0.2, 0) is 0 Å². The van der Waals surface area contributed by atoms with Crippen LogP contribution in [0.4, 0.5) is 0 Å². The van der Waals surface area contributed by atoms with Gasteiger partial charge in [-0.3, -0.25) is 4.99 Å². The summed E-state index contributed by atoms with van der Waals surface area (Å²) in [7, 11) is 1.65. The highest BCUT2D eigenvalue weighted by molar-refractivity contribution is 5.05. The summed E-state index contributed by atoms with van der Waals surface area (Å²) in [6, 6.07) is 3.67. The van der Waals surface area contributed by atoms with E-state index in [9.17, 15) is 0 Å². The molecule has 0 fully saturated rings. The van der Waals surface area contributed by atoms with Crippen molar-refractivity contribution in [1.82, 2.24) is 4.73 Å². The minimum Gasteiger partial charge on any atom is -0.427 e. The number of pyridine rings is 1. The molecule has 0 saturated carbocycles. The monoisotopic (exact) mass is 138 g/mol. The Morgan fingerprint density at radius 1 is 1.60 bits per heavy atom. The third kappa shape index (κ3) is 1.03. The number of rotatable bonds is 0. The second-order valence-electron chi connectivity index (χ2n) is 2.08. The van der Waals surface area contributed by atoms with Crippen LogP contribution in [0.3, 0.4) is 0 Å². The normalized spacial score (nSPS) is 12.0. The summed E-state index contributed by atoms with van der Waals surface area (Å²) in [6.07, 6.45) is 1.55. The predicted octanol–water partition coefficient (Wildman–Crippen LogP) is 0.564. The topological polar surface area (TPSA) is 37.5 Å². The fraction of sp³-hybridized carbons (Fsp3) is 0.286. The van der Waals surface area contributed by atoms with Crippen molar-refractivity contribution in [1.29, 1.82) is 0 Å². The molecule has 54 valence electrons. The number of aryl methyl sites for hydroxylation is 1. The molecule has 0 unspecified atom stereocenters. The van der Waals surface area contributed by atoms with Crippen LogP contribution in [0.25, 0.3) is 0 Å². The van der Waals surface area contributed by atoms with Crippen molar-refractivity contribution in [2.75, 3.05) is 7.05 Å². The van der Waals surface area contributed by atoms with Crippen LogP contribution in [0.2, 0.25) is 0 Å². The molecular formula is C7H10N2O. The molecule has 1 aromatic rings. The number of hydrogen-bond acceptors (Lipinski definition) is 2. The molecule has 1 rings (SSSR count). The quantitative estimate of drug-likeness (QED) is 0.523. The van der Waals surface area contributed by atoms with Gasteiger partial charge in [0.15, 0.2) is 5.49 Å². The van der Waals surface area contributed by atoms with E-state index in [0.717, 1.165) is 10.3 Å². The van der Waals surface area contributed by atoms with Gasteiger partial charge in [0.05, 0.1) is 0 Å². The van der Waals surface area contributed by atoms with E-state index in [1.54, 1.807) is 19.3 Å². The van der Waals surface area contributed by atoms with Gasteiger partial charge in [-0.1, -0.05) is 6.07 Å². The van der Waals surface area contributed by atoms with Crippen LogP contribution >= 0.6 is 0 Å². The minimum absolute atomic E-state index is 0.600. The van der Waals surface area contributed by atoms with Crippen LogP contribution in [-0.4, -0.2) is 17.0 Å². The lowest BCUT2D eigenvalue weighted by molar-refractivity contribution is 0.171. The molecule has 0 saturated heterocycles. The van der Waals surface area contributed by atoms with Gasteiger partial charge >= 0.3 is 0 Å². The number of hydrogen-bond donors (Lipinski definition) is 1. The Bertz CT molecular complexity index is 265. The maximum absolute atomic E-state index is 9.11. The van der Waals surface area contributed by atoms with Crippen molar-refractivity contribution in [3.05, 3.63) is 29.4 Å². The van der Waals surface area contributed by atoms with Gasteiger partial charge in [0.25, 0.3) is 0 Å². The van der Waals surface area contributed by atoms with Crippen LogP contribution in [0, 0.1) is 6.92 Å². The van der Waals surface area contributed by atoms with E-state index in [2.05, 4.69) is 4.99 Å². The molecular weight excluding hydrogens is 128 g/mol. The Morgan fingerprint density at radius 3 is 2.70 bits per heavy atom. The summed E-state index contributed by atoms with van der Waals surface area (Å²) in [4.78, 5) is 3.88. The van der Waals surface area contributed by atoms with Crippen LogP contribution in [0.1, 0.15) is 5.56 Å². The number of aromatic nitrogens is 1. The molecule has 0 aliphatic carbocycles. The van der Waals surface area contributed by atoms with Crippen molar-refractivity contribution in [3.8, 4) is 0 Å². The zero-order valence-electron chi connectivity index (χ0n) is 6.07. The summed E-state index contributed by atoms with van der Waals surface area (Å²) in [5.41, 5.74) is 1.56. The van der Waals surface area contributed by atoms with Gasteiger partial charge in [0.2, 0.25) is 0 Å². The highest BCUT2D eigenvalue weighted by Crippen LogP contribution is 1.85. The fourth-order valence-electron chi connectivity index (χ4n) is 0.874. The average Bonchev–Trinajstić information content (AvgIpc) is 1.88. The Labute approximate surface area is 59.2 Å². The third-order valence-corrected chi connectivity index (χ3v) is 1.36. The lowest BCUT2D eigenvalue weighted by Gasteiger charge is -1.98. The molecule has 10 heavy (non-hydrogen) atoms. The summed E-state index contributed by atoms with van der Waals surface area (Å²) in [6.45, 7) is 1.90. The molecule has 0 aliphatic heterocycles. The molecule has 3 heteroatoms. The molecule has 0 amide bonds. The Morgan fingerprint density at radius 2 is 2.30 bits per heavy atom. The van der Waals surface area contributed by atoms with Gasteiger partial charge in [-0.25, -0.2) is 0 Å². The highest BCUT2D eigenvalue weighted by Gasteiger charge is 1.90. The van der Waals surface area contributed by atoms with Crippen molar-refractivity contribution >= 4 is 0 Å². The maximum atomic E-state index is 9.11. The van der Waals surface area contributed by atoms with E-state index in [1.807, 2.05) is 13.0 Å². The summed E-state index contributed by atoms with van der Waals surface area (Å²) in [5, 5.41) is 9.11. The Hall–Kier alpha value is -1.25. The predicted molar refractivity (Wildman–Crippen MR) is 37.8 cm³/mol. The van der Waals surface area contributed by atoms with E-state index >= 15 is 0 Å². The van der Waals surface area contributed by atoms with Gasteiger partial charge in [-0.15, -0.1) is 0 Å². The Balaban J connectivity index is 3.47. The van der Waals surface area contributed by atoms with Crippen molar-refractivity contribution in [2.45, 2.75) is 6.92 Å². The first-order chi connectivity index (χ1) is 4.75. The zero-order valence-corrected chi connectivity index (χ0v) is 6.07. The van der Waals surface area contributed by atoms with E-state index < -0.39 is 0 Å². The van der Waals surface area contributed by atoms with E-state index in [0.29, 0.717) is 5.49 Å². The molecule has 1 N–H and O–H groups in total. The molecule has 0 aromatic carbocycles. The lowest BCUT2D eigenvalue weighted by atomic mass is 10.3. The molecule has 0 radical (unpaired) electrons. The first-order valence-corrected chi connectivity index (χ1v) is 3.06. The molecule has 0 atom stereocenters. The zero-order chi connectivity index (χ0) is 7.56. The van der Waals surface area contributed by atoms with Gasteiger partial charge in [0, 0.05) is 13.2 Å². The smallest absolute Gasteiger partial charge is 0.165 e. The van der Waals surface area contributed by atoms with Crippen molar-refractivity contribution in [2.24, 2.45) is 4.99 Å². The second-order valence-corrected chi connectivity index (χ2v) is 2.08. The van der Waals surface area contributed by atoms with E-state index in [4.69, 9.17) is 5.21 Å². The van der Waals surface area contributed by atoms with Gasteiger partial charge in [-0.2, -0.15) is 4.73 Å². The largest absolute Gasteiger partial charge is 0.427 e. The highest BCUT2D eigenvalue weighted by atomic mass is 16.5. The van der Waals surface area contributed by atoms with Crippen molar-refractivity contribution in [3.63, 3.8) is 0 Å². The SMILES string of the molecule is CN=c1c(C)cccn1O. The summed E-state index contributed by atoms with van der Waals surface area (Å²) >= 11 is 0. The lowest BCUT2D eigenvalue weighted by Crippen LogP contribution is -2.20. The standard InChI is InChI=1S/C7H10N2O/c1-6-4-3-5-9(10)7(6)8-2/h3-5,10H,1-2H3. The second kappa shape index (κ2) is 2.56. The van der Waals surface area contributed by atoms with Gasteiger partial charge < -0.3 is 5.21 Å². The fourth-order valence-corrected chi connectivity index (χ4v) is 0.874. The van der Waals surface area contributed by atoms with Crippen molar-refractivity contribution < 1.29 is 5.21 Å².